The van der Waals surface area contributed by atoms with Crippen LogP contribution in [-0.4, -0.2) is 36.7 Å². The molecule has 0 saturated heterocycles. The highest BCUT2D eigenvalue weighted by Crippen LogP contribution is 2.35. The summed E-state index contributed by atoms with van der Waals surface area (Å²) in [6, 6.07) is 2.73. The highest BCUT2D eigenvalue weighted by molar-refractivity contribution is 9.10. The van der Waals surface area contributed by atoms with Gasteiger partial charge in [0.25, 0.3) is 16.0 Å². The van der Waals surface area contributed by atoms with Crippen molar-refractivity contribution >= 4 is 61.1 Å². The molecule has 0 radical (unpaired) electrons. The summed E-state index contributed by atoms with van der Waals surface area (Å²) >= 11 is 15.0. The number of nitrogens with zero attached hydrogens (tertiary/aromatic N) is 2. The summed E-state index contributed by atoms with van der Waals surface area (Å²) in [5, 5.41) is 6.01. The summed E-state index contributed by atoms with van der Waals surface area (Å²) in [6.45, 7) is 0. The molecule has 0 aliphatic rings. The Balaban J connectivity index is 2.26. The van der Waals surface area contributed by atoms with Gasteiger partial charge < -0.3 is 4.74 Å². The van der Waals surface area contributed by atoms with Gasteiger partial charge in [0.05, 0.1) is 17.2 Å². The van der Waals surface area contributed by atoms with Gasteiger partial charge in [0.2, 0.25) is 0 Å². The van der Waals surface area contributed by atoms with Crippen LogP contribution in [0.4, 0.5) is 5.95 Å². The van der Waals surface area contributed by atoms with Crippen molar-refractivity contribution in [1.82, 2.24) is 15.2 Å². The first-order valence-electron chi connectivity index (χ1n) is 5.89. The van der Waals surface area contributed by atoms with Crippen molar-refractivity contribution in [2.24, 2.45) is 0 Å². The van der Waals surface area contributed by atoms with Gasteiger partial charge in [-0.15, -0.1) is 5.10 Å². The van der Waals surface area contributed by atoms with Crippen LogP contribution in [0.1, 0.15) is 5.82 Å². The van der Waals surface area contributed by atoms with E-state index in [0.717, 1.165) is 0 Å². The van der Waals surface area contributed by atoms with Crippen LogP contribution in [0, 0.1) is 0 Å². The van der Waals surface area contributed by atoms with Crippen molar-refractivity contribution in [1.29, 1.82) is 0 Å². The van der Waals surface area contributed by atoms with Gasteiger partial charge in [-0.25, -0.2) is 13.1 Å². The molecule has 1 heterocycles. The largest absolute Gasteiger partial charge is 0.469 e. The van der Waals surface area contributed by atoms with E-state index in [-0.39, 0.29) is 33.1 Å². The number of nitrogens with one attached hydrogen (secondary N) is 2. The molecule has 1 aromatic heterocycles. The minimum absolute atomic E-state index is 0.0657. The first-order chi connectivity index (χ1) is 10.7. The number of carbonyl (C=O) groups excluding carboxylic acids is 1. The lowest BCUT2D eigenvalue weighted by Gasteiger charge is -2.08. The Kier molecular flexibility index (Phi) is 5.50. The van der Waals surface area contributed by atoms with Crippen molar-refractivity contribution in [3.63, 3.8) is 0 Å². The summed E-state index contributed by atoms with van der Waals surface area (Å²) in [5.74, 6) is -0.633. The van der Waals surface area contributed by atoms with Crippen LogP contribution >= 0.6 is 39.1 Å². The Bertz CT molecular complexity index is 856. The fourth-order valence-electron chi connectivity index (χ4n) is 1.52. The number of methoxy groups -OCH3 is 1. The van der Waals surface area contributed by atoms with Crippen molar-refractivity contribution in [2.45, 2.75) is 11.3 Å². The number of esters is 1. The van der Waals surface area contributed by atoms with Gasteiger partial charge in [-0.1, -0.05) is 23.2 Å². The van der Waals surface area contributed by atoms with Gasteiger partial charge >= 0.3 is 5.97 Å². The minimum atomic E-state index is -4.05. The van der Waals surface area contributed by atoms with Crippen LogP contribution in [0.3, 0.4) is 0 Å². The molecule has 124 valence electrons. The molecule has 2 aromatic rings. The zero-order valence-corrected chi connectivity index (χ0v) is 15.3. The lowest BCUT2D eigenvalue weighted by molar-refractivity contribution is -0.139. The van der Waals surface area contributed by atoms with Crippen LogP contribution in [0.5, 0.6) is 0 Å². The summed E-state index contributed by atoms with van der Waals surface area (Å²) in [5.41, 5.74) is 0. The summed E-state index contributed by atoms with van der Waals surface area (Å²) in [4.78, 5) is 14.7. The van der Waals surface area contributed by atoms with Gasteiger partial charge in [0, 0.05) is 4.47 Å². The van der Waals surface area contributed by atoms with E-state index in [4.69, 9.17) is 23.2 Å². The first kappa shape index (κ1) is 18.0. The van der Waals surface area contributed by atoms with Crippen molar-refractivity contribution in [3.05, 3.63) is 32.5 Å². The number of carbonyl (C=O) groups is 1. The van der Waals surface area contributed by atoms with Crippen LogP contribution in [-0.2, 0) is 26.0 Å². The highest BCUT2D eigenvalue weighted by Gasteiger charge is 2.23. The second-order valence-corrected chi connectivity index (χ2v) is 7.40. The molecular formula is C11H9BrCl2N4O4S. The van der Waals surface area contributed by atoms with E-state index in [1.807, 2.05) is 0 Å². The predicted octanol–water partition coefficient (Wildman–Crippen LogP) is 2.39. The summed E-state index contributed by atoms with van der Waals surface area (Å²) in [7, 11) is -2.83. The number of hydrogen-bond acceptors (Lipinski definition) is 6. The molecule has 1 aromatic carbocycles. The number of anilines is 1. The molecule has 0 bridgehead atoms. The minimum Gasteiger partial charge on any atom is -0.469 e. The van der Waals surface area contributed by atoms with Gasteiger partial charge in [-0.05, 0) is 28.1 Å². The smallest absolute Gasteiger partial charge is 0.313 e. The van der Waals surface area contributed by atoms with E-state index < -0.39 is 16.0 Å². The van der Waals surface area contributed by atoms with E-state index in [0.29, 0.717) is 4.47 Å². The fraction of sp³-hybridized carbons (Fsp3) is 0.182. The molecule has 2 rings (SSSR count). The Morgan fingerprint density at radius 3 is 2.74 bits per heavy atom. The van der Waals surface area contributed by atoms with Crippen LogP contribution < -0.4 is 4.72 Å². The molecular weight excluding hydrogens is 435 g/mol. The van der Waals surface area contributed by atoms with Gasteiger partial charge in [0.15, 0.2) is 0 Å². The first-order valence-corrected chi connectivity index (χ1v) is 8.92. The topological polar surface area (TPSA) is 114 Å². The van der Waals surface area contributed by atoms with Gasteiger partial charge in [-0.3, -0.25) is 9.89 Å². The summed E-state index contributed by atoms with van der Waals surface area (Å²) < 4.78 is 31.7. The third-order valence-corrected chi connectivity index (χ3v) is 5.84. The summed E-state index contributed by atoms with van der Waals surface area (Å²) in [6.07, 6.45) is -0.171. The molecule has 0 aliphatic carbocycles. The average Bonchev–Trinajstić information content (AvgIpc) is 2.90. The predicted molar refractivity (Wildman–Crippen MR) is 87.1 cm³/mol. The molecule has 0 spiro atoms. The number of sulfonamides is 1. The molecule has 23 heavy (non-hydrogen) atoms. The zero-order valence-electron chi connectivity index (χ0n) is 11.4. The Morgan fingerprint density at radius 2 is 2.09 bits per heavy atom. The molecule has 0 atom stereocenters. The van der Waals surface area contributed by atoms with E-state index in [9.17, 15) is 13.2 Å². The number of benzene rings is 1. The standard InChI is InChI=1S/C11H9BrCl2N4O4S/c1-22-8(19)4-7-15-11(17-16-7)18-23(20,21)6-3-2-5(12)9(13)10(6)14/h2-3H,4H2,1H3,(H2,15,16,17,18). The number of ether oxygens (including phenoxy) is 1. The zero-order chi connectivity index (χ0) is 17.2. The number of rotatable bonds is 5. The molecule has 0 aliphatic heterocycles. The third-order valence-electron chi connectivity index (χ3n) is 2.59. The maximum absolute atomic E-state index is 12.3. The monoisotopic (exact) mass is 442 g/mol. The molecule has 2 N–H and O–H groups in total. The maximum atomic E-state index is 12.3. The molecule has 12 heteroatoms. The van der Waals surface area contributed by atoms with Gasteiger partial charge in [0.1, 0.15) is 17.1 Å². The number of H-pyrrole nitrogens is 1. The highest BCUT2D eigenvalue weighted by atomic mass is 79.9. The maximum Gasteiger partial charge on any atom is 0.313 e. The average molecular weight is 444 g/mol. The van der Waals surface area contributed by atoms with Gasteiger partial charge in [-0.2, -0.15) is 4.98 Å². The Hall–Kier alpha value is -1.36. The molecule has 8 nitrogen and oxygen atoms in total. The van der Waals surface area contributed by atoms with Crippen LogP contribution in [0.2, 0.25) is 10.0 Å². The number of hydrogen-bond donors (Lipinski definition) is 2. The molecule has 0 amide bonds. The lowest BCUT2D eigenvalue weighted by atomic mass is 10.4. The number of aromatic amines is 1. The Labute approximate surface area is 149 Å². The number of aromatic nitrogens is 3. The quantitative estimate of drug-likeness (QED) is 0.541. The van der Waals surface area contributed by atoms with Crippen LogP contribution in [0.25, 0.3) is 0 Å². The molecule has 0 unspecified atom stereocenters. The third kappa shape index (κ3) is 4.14. The van der Waals surface area contributed by atoms with E-state index in [1.165, 1.54) is 19.2 Å². The SMILES string of the molecule is COC(=O)Cc1nc(NS(=O)(=O)c2ccc(Br)c(Cl)c2Cl)n[nH]1. The molecule has 0 saturated carbocycles. The molecule has 0 fully saturated rings. The van der Waals surface area contributed by atoms with Crippen LogP contribution in [0.15, 0.2) is 21.5 Å². The Morgan fingerprint density at radius 1 is 1.39 bits per heavy atom. The lowest BCUT2D eigenvalue weighted by Crippen LogP contribution is -2.15. The van der Waals surface area contributed by atoms with Crippen molar-refractivity contribution in [2.75, 3.05) is 11.8 Å². The van der Waals surface area contributed by atoms with E-state index in [2.05, 4.69) is 40.6 Å². The fourth-order valence-corrected chi connectivity index (χ4v) is 3.68. The van der Waals surface area contributed by atoms with Crippen molar-refractivity contribution < 1.29 is 17.9 Å². The number of halogens is 3. The second-order valence-electron chi connectivity index (χ2n) is 4.14. The van der Waals surface area contributed by atoms with Crippen molar-refractivity contribution in [3.8, 4) is 0 Å². The second kappa shape index (κ2) is 7.04. The van der Waals surface area contributed by atoms with E-state index in [1.54, 1.807) is 0 Å². The normalized spacial score (nSPS) is 11.3. The van der Waals surface area contributed by atoms with E-state index >= 15 is 0 Å².